The highest BCUT2D eigenvalue weighted by molar-refractivity contribution is 6.30. The van der Waals surface area contributed by atoms with Gasteiger partial charge in [-0.2, -0.15) is 19.6 Å². The molecule has 1 saturated heterocycles. The van der Waals surface area contributed by atoms with Crippen LogP contribution in [-0.2, 0) is 4.74 Å². The Bertz CT molecular complexity index is 564. The highest BCUT2D eigenvalue weighted by atomic mass is 35.5. The van der Waals surface area contributed by atoms with Gasteiger partial charge < -0.3 is 10.1 Å². The van der Waals surface area contributed by atoms with Crippen LogP contribution < -0.4 is 5.32 Å². The third-order valence-electron chi connectivity index (χ3n) is 3.19. The van der Waals surface area contributed by atoms with Crippen LogP contribution in [-0.4, -0.2) is 39.3 Å². The van der Waals surface area contributed by atoms with E-state index in [-0.39, 0.29) is 0 Å². The van der Waals surface area contributed by atoms with Gasteiger partial charge in [0, 0.05) is 24.6 Å². The fraction of sp³-hybridized carbons (Fsp3) is 0.545. The van der Waals surface area contributed by atoms with Crippen molar-refractivity contribution < 1.29 is 4.74 Å². The predicted molar refractivity (Wildman–Crippen MR) is 67.9 cm³/mol. The van der Waals surface area contributed by atoms with Crippen LogP contribution in [0.25, 0.3) is 5.78 Å². The number of fused-ring (bicyclic) bond motifs is 1. The third kappa shape index (κ3) is 2.02. The van der Waals surface area contributed by atoms with E-state index in [1.165, 1.54) is 6.33 Å². The molecule has 18 heavy (non-hydrogen) atoms. The van der Waals surface area contributed by atoms with Crippen molar-refractivity contribution in [3.8, 4) is 0 Å². The largest absolute Gasteiger partial charge is 0.381 e. The minimum atomic E-state index is 0.459. The zero-order chi connectivity index (χ0) is 12.5. The van der Waals surface area contributed by atoms with Gasteiger partial charge in [0.1, 0.15) is 17.3 Å². The van der Waals surface area contributed by atoms with E-state index in [0.717, 1.165) is 37.6 Å². The van der Waals surface area contributed by atoms with Crippen LogP contribution in [0.1, 0.15) is 12.0 Å². The highest BCUT2D eigenvalue weighted by Crippen LogP contribution is 2.23. The second-order valence-electron chi connectivity index (χ2n) is 4.46. The first-order chi connectivity index (χ1) is 8.75. The van der Waals surface area contributed by atoms with Crippen LogP contribution >= 0.6 is 11.6 Å². The molecule has 0 aromatic carbocycles. The first-order valence-corrected chi connectivity index (χ1v) is 6.31. The first kappa shape index (κ1) is 11.7. The van der Waals surface area contributed by atoms with E-state index < -0.39 is 0 Å². The molecule has 7 heteroatoms. The van der Waals surface area contributed by atoms with Crippen LogP contribution in [0.5, 0.6) is 0 Å². The van der Waals surface area contributed by atoms with Crippen LogP contribution in [0.3, 0.4) is 0 Å². The number of hydrogen-bond acceptors (Lipinski definition) is 5. The standard InChI is InChI=1S/C11H14ClN5O/c1-7-9(12)16-11-14-6-15-17(11)10(7)13-4-8-2-3-18-5-8/h6,8,13H,2-5H2,1H3. The Hall–Kier alpha value is -1.40. The normalized spacial score (nSPS) is 19.6. The fourth-order valence-corrected chi connectivity index (χ4v) is 2.26. The maximum absolute atomic E-state index is 6.09. The van der Waals surface area contributed by atoms with E-state index in [1.807, 2.05) is 6.92 Å². The number of halogens is 1. The van der Waals surface area contributed by atoms with Gasteiger partial charge in [-0.3, -0.25) is 0 Å². The maximum atomic E-state index is 6.09. The monoisotopic (exact) mass is 267 g/mol. The van der Waals surface area contributed by atoms with Gasteiger partial charge in [-0.25, -0.2) is 0 Å². The smallest absolute Gasteiger partial charge is 0.255 e. The summed E-state index contributed by atoms with van der Waals surface area (Å²) in [7, 11) is 0. The lowest BCUT2D eigenvalue weighted by molar-refractivity contribution is 0.187. The second kappa shape index (κ2) is 4.70. The molecule has 0 saturated carbocycles. The molecule has 0 aliphatic carbocycles. The van der Waals surface area contributed by atoms with Crippen molar-refractivity contribution in [1.82, 2.24) is 19.6 Å². The quantitative estimate of drug-likeness (QED) is 0.855. The molecule has 0 spiro atoms. The molecule has 1 aliphatic heterocycles. The zero-order valence-corrected chi connectivity index (χ0v) is 10.8. The Morgan fingerprint density at radius 3 is 3.28 bits per heavy atom. The number of rotatable bonds is 3. The summed E-state index contributed by atoms with van der Waals surface area (Å²) in [5.74, 6) is 1.90. The van der Waals surface area contributed by atoms with E-state index in [4.69, 9.17) is 16.3 Å². The minimum absolute atomic E-state index is 0.459. The highest BCUT2D eigenvalue weighted by Gasteiger charge is 2.17. The molecule has 3 heterocycles. The van der Waals surface area contributed by atoms with E-state index in [1.54, 1.807) is 4.52 Å². The maximum Gasteiger partial charge on any atom is 0.255 e. The average molecular weight is 268 g/mol. The van der Waals surface area contributed by atoms with Crippen molar-refractivity contribution in [3.05, 3.63) is 17.0 Å². The van der Waals surface area contributed by atoms with Gasteiger partial charge in [0.05, 0.1) is 6.61 Å². The Morgan fingerprint density at radius 2 is 2.50 bits per heavy atom. The predicted octanol–water partition coefficient (Wildman–Crippen LogP) is 1.53. The van der Waals surface area contributed by atoms with E-state index in [2.05, 4.69) is 20.4 Å². The summed E-state index contributed by atoms with van der Waals surface area (Å²) in [6.45, 7) is 4.42. The summed E-state index contributed by atoms with van der Waals surface area (Å²) in [4.78, 5) is 8.22. The van der Waals surface area contributed by atoms with Crippen molar-refractivity contribution in [2.75, 3.05) is 25.1 Å². The number of ether oxygens (including phenoxy) is 1. The molecule has 1 N–H and O–H groups in total. The third-order valence-corrected chi connectivity index (χ3v) is 3.55. The van der Waals surface area contributed by atoms with Crippen molar-refractivity contribution in [3.63, 3.8) is 0 Å². The lowest BCUT2D eigenvalue weighted by Gasteiger charge is -2.14. The molecular formula is C11H14ClN5O. The van der Waals surface area contributed by atoms with Gasteiger partial charge in [-0.05, 0) is 13.3 Å². The van der Waals surface area contributed by atoms with Crippen LogP contribution in [0.4, 0.5) is 5.82 Å². The topological polar surface area (TPSA) is 64.3 Å². The molecule has 2 aromatic heterocycles. The number of hydrogen-bond donors (Lipinski definition) is 1. The number of anilines is 1. The van der Waals surface area contributed by atoms with Crippen molar-refractivity contribution in [2.45, 2.75) is 13.3 Å². The van der Waals surface area contributed by atoms with Crippen LogP contribution in [0, 0.1) is 12.8 Å². The van der Waals surface area contributed by atoms with Crippen LogP contribution in [0.2, 0.25) is 5.15 Å². The molecule has 2 aromatic rings. The fourth-order valence-electron chi connectivity index (χ4n) is 2.09. The lowest BCUT2D eigenvalue weighted by atomic mass is 10.1. The Kier molecular flexibility index (Phi) is 3.05. The van der Waals surface area contributed by atoms with E-state index >= 15 is 0 Å². The van der Waals surface area contributed by atoms with Gasteiger partial charge in [0.2, 0.25) is 0 Å². The van der Waals surface area contributed by atoms with Gasteiger partial charge in [-0.1, -0.05) is 11.6 Å². The Morgan fingerprint density at radius 1 is 1.61 bits per heavy atom. The summed E-state index contributed by atoms with van der Waals surface area (Å²) in [6, 6.07) is 0. The van der Waals surface area contributed by atoms with Crippen LogP contribution in [0.15, 0.2) is 6.33 Å². The van der Waals surface area contributed by atoms with E-state index in [9.17, 15) is 0 Å². The molecule has 1 aliphatic rings. The molecule has 1 atom stereocenters. The molecule has 6 nitrogen and oxygen atoms in total. The van der Waals surface area contributed by atoms with Crippen molar-refractivity contribution in [2.24, 2.45) is 5.92 Å². The molecule has 0 amide bonds. The average Bonchev–Trinajstić information content (AvgIpc) is 3.00. The Labute approximate surface area is 109 Å². The van der Waals surface area contributed by atoms with Gasteiger partial charge >= 0.3 is 0 Å². The van der Waals surface area contributed by atoms with Gasteiger partial charge in [0.25, 0.3) is 5.78 Å². The molecule has 1 unspecified atom stereocenters. The van der Waals surface area contributed by atoms with Gasteiger partial charge in [0.15, 0.2) is 0 Å². The number of aromatic nitrogens is 4. The molecule has 0 radical (unpaired) electrons. The molecule has 3 rings (SSSR count). The summed E-state index contributed by atoms with van der Waals surface area (Å²) in [6.07, 6.45) is 2.56. The van der Waals surface area contributed by atoms with Crippen molar-refractivity contribution in [1.29, 1.82) is 0 Å². The minimum Gasteiger partial charge on any atom is -0.381 e. The first-order valence-electron chi connectivity index (χ1n) is 5.93. The number of nitrogens with zero attached hydrogens (tertiary/aromatic N) is 4. The summed E-state index contributed by atoms with van der Waals surface area (Å²) in [5.41, 5.74) is 0.883. The molecule has 1 fully saturated rings. The number of nitrogens with one attached hydrogen (secondary N) is 1. The summed E-state index contributed by atoms with van der Waals surface area (Å²) < 4.78 is 7.04. The van der Waals surface area contributed by atoms with Crippen molar-refractivity contribution >= 4 is 23.2 Å². The zero-order valence-electron chi connectivity index (χ0n) is 10.1. The Balaban J connectivity index is 1.89. The van der Waals surface area contributed by atoms with E-state index in [0.29, 0.717) is 16.8 Å². The van der Waals surface area contributed by atoms with Gasteiger partial charge in [-0.15, -0.1) is 0 Å². The molecule has 0 bridgehead atoms. The second-order valence-corrected chi connectivity index (χ2v) is 4.82. The molecular weight excluding hydrogens is 254 g/mol. The summed E-state index contributed by atoms with van der Waals surface area (Å²) in [5, 5.41) is 8.00. The lowest BCUT2D eigenvalue weighted by Crippen LogP contribution is -2.17. The summed E-state index contributed by atoms with van der Waals surface area (Å²) >= 11 is 6.09. The SMILES string of the molecule is Cc1c(Cl)nc2ncnn2c1NCC1CCOC1. The molecule has 96 valence electrons.